The second-order valence-corrected chi connectivity index (χ2v) is 10.9. The summed E-state index contributed by atoms with van der Waals surface area (Å²) in [4.78, 5) is 20.8. The second-order valence-electron chi connectivity index (χ2n) is 10.9. The number of allylic oxidation sites excluding steroid dienone is 2. The Labute approximate surface area is 239 Å². The van der Waals surface area contributed by atoms with Crippen molar-refractivity contribution in [3.63, 3.8) is 0 Å². The number of rotatable bonds is 3. The van der Waals surface area contributed by atoms with E-state index in [0.29, 0.717) is 6.04 Å². The van der Waals surface area contributed by atoms with Crippen LogP contribution in [0.5, 0.6) is 0 Å². The normalized spacial score (nSPS) is 16.2. The molecule has 1 heterocycles. The van der Waals surface area contributed by atoms with Crippen molar-refractivity contribution >= 4 is 27.6 Å². The molecule has 0 spiro atoms. The quantitative estimate of drug-likeness (QED) is 0.161. The molecule has 5 heteroatoms. The fraction of sp³-hybridized carbons (Fsp3) is 0.364. The van der Waals surface area contributed by atoms with Crippen molar-refractivity contribution in [1.29, 1.82) is 0 Å². The van der Waals surface area contributed by atoms with Gasteiger partial charge in [0.25, 0.3) is 0 Å². The summed E-state index contributed by atoms with van der Waals surface area (Å²) < 4.78 is 0. The molecule has 0 unspecified atom stereocenters. The fourth-order valence-corrected chi connectivity index (χ4v) is 5.77. The molecule has 1 saturated carbocycles. The zero-order valence-corrected chi connectivity index (χ0v) is 25.3. The number of benzene rings is 3. The molecule has 1 fully saturated rings. The fourth-order valence-electron chi connectivity index (χ4n) is 5.77. The van der Waals surface area contributed by atoms with Crippen molar-refractivity contribution in [2.75, 3.05) is 0 Å². The standard InChI is InChI=1S/C22H17N2.C11H19NO.Ir/c1-13-7-4-12-17-19(13)24-21-20(23-17)15-10-5-8-14-9-6-11-16(18(14)15)22(21,2)3;1-9(8-10(2)13)12-11-6-4-3-5-7-11;/h4-9,11-12H,1-3H3;8,11H,3-7H2,1-2H3,(H,12,13);/q-1;;/p-1. The Balaban J connectivity index is 0.000000207. The first-order valence-electron chi connectivity index (χ1n) is 13.4. The van der Waals surface area contributed by atoms with Crippen LogP contribution in [0, 0.1) is 13.0 Å². The molecule has 2 aliphatic rings. The molecule has 0 saturated heterocycles. The van der Waals surface area contributed by atoms with Crippen LogP contribution in [-0.4, -0.2) is 21.8 Å². The van der Waals surface area contributed by atoms with Gasteiger partial charge in [0.05, 0.1) is 11.0 Å². The van der Waals surface area contributed by atoms with E-state index in [-0.39, 0.29) is 31.3 Å². The van der Waals surface area contributed by atoms with Crippen LogP contribution in [0.1, 0.15) is 76.6 Å². The van der Waals surface area contributed by atoms with Gasteiger partial charge in [0.15, 0.2) is 5.78 Å². The SMILES string of the molecule is CC(=O)/C=C(/C)[N-]C1CCCCC1.Cc1cccc2nc3c(nc12)C(C)(C)c1cccc2cc[c-]c-3c12.[Ir]. The Morgan fingerprint density at radius 2 is 1.76 bits per heavy atom. The van der Waals surface area contributed by atoms with Gasteiger partial charge in [-0.2, -0.15) is 5.70 Å². The van der Waals surface area contributed by atoms with Crippen molar-refractivity contribution in [3.05, 3.63) is 88.5 Å². The van der Waals surface area contributed by atoms with Gasteiger partial charge in [0, 0.05) is 36.9 Å². The Morgan fingerprint density at radius 1 is 1.03 bits per heavy atom. The number of hydrogen-bond acceptors (Lipinski definition) is 3. The van der Waals surface area contributed by atoms with Gasteiger partial charge >= 0.3 is 0 Å². The van der Waals surface area contributed by atoms with Gasteiger partial charge in [0.2, 0.25) is 0 Å². The van der Waals surface area contributed by atoms with Gasteiger partial charge in [-0.05, 0) is 31.6 Å². The van der Waals surface area contributed by atoms with Crippen LogP contribution in [0.15, 0.2) is 60.3 Å². The minimum Gasteiger partial charge on any atom is -0.685 e. The topological polar surface area (TPSA) is 57.0 Å². The van der Waals surface area contributed by atoms with Gasteiger partial charge in [-0.15, -0.1) is 35.2 Å². The summed E-state index contributed by atoms with van der Waals surface area (Å²) in [6.07, 6.45) is 7.95. The molecular formula is C33H35IrN3O-2. The van der Waals surface area contributed by atoms with E-state index in [9.17, 15) is 4.79 Å². The molecule has 0 atom stereocenters. The molecule has 1 aromatic heterocycles. The van der Waals surface area contributed by atoms with Crippen LogP contribution in [0.2, 0.25) is 0 Å². The summed E-state index contributed by atoms with van der Waals surface area (Å²) in [6.45, 7) is 10.1. The van der Waals surface area contributed by atoms with Crippen LogP contribution >= 0.6 is 0 Å². The van der Waals surface area contributed by atoms with E-state index in [2.05, 4.69) is 62.5 Å². The Hall–Kier alpha value is -2.88. The van der Waals surface area contributed by atoms with E-state index < -0.39 is 0 Å². The van der Waals surface area contributed by atoms with Gasteiger partial charge < -0.3 is 5.32 Å². The van der Waals surface area contributed by atoms with Crippen LogP contribution < -0.4 is 0 Å². The van der Waals surface area contributed by atoms with Crippen molar-refractivity contribution < 1.29 is 24.9 Å². The molecule has 0 amide bonds. The maximum atomic E-state index is 10.8. The molecular weight excluding hydrogens is 647 g/mol. The number of para-hydroxylation sites is 1. The third-order valence-electron chi connectivity index (χ3n) is 7.61. The molecule has 3 aromatic carbocycles. The van der Waals surface area contributed by atoms with E-state index in [4.69, 9.17) is 9.97 Å². The maximum absolute atomic E-state index is 10.8. The minimum absolute atomic E-state index is 0. The van der Waals surface area contributed by atoms with Crippen LogP contribution in [-0.2, 0) is 30.3 Å². The molecule has 38 heavy (non-hydrogen) atoms. The van der Waals surface area contributed by atoms with Crippen molar-refractivity contribution in [3.8, 4) is 11.3 Å². The molecule has 2 aliphatic carbocycles. The predicted molar refractivity (Wildman–Crippen MR) is 153 cm³/mol. The number of aromatic nitrogens is 2. The Kier molecular flexibility index (Phi) is 8.49. The number of nitrogens with zero attached hydrogens (tertiary/aromatic N) is 3. The molecule has 0 aliphatic heterocycles. The number of ketones is 1. The first kappa shape index (κ1) is 28.1. The van der Waals surface area contributed by atoms with Gasteiger partial charge in [-0.1, -0.05) is 94.2 Å². The minimum atomic E-state index is -0.180. The van der Waals surface area contributed by atoms with Crippen molar-refractivity contribution in [1.82, 2.24) is 9.97 Å². The predicted octanol–water partition coefficient (Wildman–Crippen LogP) is 8.38. The first-order chi connectivity index (χ1) is 17.8. The van der Waals surface area contributed by atoms with E-state index >= 15 is 0 Å². The summed E-state index contributed by atoms with van der Waals surface area (Å²) >= 11 is 0. The molecule has 4 nitrogen and oxygen atoms in total. The zero-order chi connectivity index (χ0) is 26.2. The van der Waals surface area contributed by atoms with Crippen LogP contribution in [0.3, 0.4) is 0 Å². The summed E-state index contributed by atoms with van der Waals surface area (Å²) in [6, 6.07) is 20.7. The van der Waals surface area contributed by atoms with E-state index in [1.54, 1.807) is 13.0 Å². The summed E-state index contributed by atoms with van der Waals surface area (Å²) in [5.74, 6) is 0.0945. The number of carbonyl (C=O) groups is 1. The average Bonchev–Trinajstić information content (AvgIpc) is 2.87. The van der Waals surface area contributed by atoms with E-state index in [1.807, 2.05) is 25.1 Å². The second kappa shape index (κ2) is 11.5. The molecule has 0 N–H and O–H groups in total. The van der Waals surface area contributed by atoms with Crippen molar-refractivity contribution in [2.45, 2.75) is 78.2 Å². The molecule has 6 rings (SSSR count). The number of aryl methyl sites for hydroxylation is 1. The third kappa shape index (κ3) is 5.46. The Morgan fingerprint density at radius 3 is 2.50 bits per heavy atom. The molecule has 199 valence electrons. The van der Waals surface area contributed by atoms with Crippen molar-refractivity contribution in [2.24, 2.45) is 0 Å². The summed E-state index contributed by atoms with van der Waals surface area (Å²) in [5, 5.41) is 7.02. The monoisotopic (exact) mass is 682 g/mol. The Bertz CT molecular complexity index is 1510. The van der Waals surface area contributed by atoms with E-state index in [1.165, 1.54) is 54.0 Å². The van der Waals surface area contributed by atoms with Crippen LogP contribution in [0.4, 0.5) is 0 Å². The average molecular weight is 682 g/mol. The maximum Gasteiger partial charge on any atom is 0.151 e. The van der Waals surface area contributed by atoms with Gasteiger partial charge in [-0.25, -0.2) is 0 Å². The summed E-state index contributed by atoms with van der Waals surface area (Å²) in [7, 11) is 0. The summed E-state index contributed by atoms with van der Waals surface area (Å²) in [5.41, 5.74) is 8.23. The third-order valence-corrected chi connectivity index (χ3v) is 7.61. The van der Waals surface area contributed by atoms with E-state index in [0.717, 1.165) is 33.7 Å². The number of hydrogen-bond donors (Lipinski definition) is 0. The molecule has 1 radical (unpaired) electrons. The first-order valence-corrected chi connectivity index (χ1v) is 13.4. The number of carbonyl (C=O) groups excluding carboxylic acids is 1. The zero-order valence-electron chi connectivity index (χ0n) is 22.9. The largest absolute Gasteiger partial charge is 0.685 e. The van der Waals surface area contributed by atoms with Gasteiger partial charge in [-0.3, -0.25) is 14.8 Å². The molecule has 4 aromatic rings. The van der Waals surface area contributed by atoms with Crippen LogP contribution in [0.25, 0.3) is 38.4 Å². The van der Waals surface area contributed by atoms with Gasteiger partial charge in [0.1, 0.15) is 0 Å². The number of fused-ring (bicyclic) bond motifs is 3. The molecule has 0 bridgehead atoms. The smallest absolute Gasteiger partial charge is 0.151 e.